The average molecular weight is 398 g/mol. The molecule has 0 radical (unpaired) electrons. The second-order valence-electron chi connectivity index (χ2n) is 7.89. The van der Waals surface area contributed by atoms with Gasteiger partial charge in [0.05, 0.1) is 0 Å². The monoisotopic (exact) mass is 397 g/mol. The van der Waals surface area contributed by atoms with Gasteiger partial charge in [-0.2, -0.15) is 5.10 Å². The van der Waals surface area contributed by atoms with E-state index in [4.69, 9.17) is 0 Å². The Hall–Kier alpha value is -2.83. The number of nitrogens with one attached hydrogen (secondary N) is 2. The Labute approximate surface area is 172 Å². The molecular formula is C22H31N5O2. The van der Waals surface area contributed by atoms with Gasteiger partial charge >= 0.3 is 0 Å². The first-order valence-corrected chi connectivity index (χ1v) is 10.4. The Bertz CT molecular complexity index is 845. The number of aromatic nitrogens is 2. The van der Waals surface area contributed by atoms with Crippen molar-refractivity contribution in [3.05, 3.63) is 47.8 Å². The Balaban J connectivity index is 1.51. The maximum absolute atomic E-state index is 12.6. The molecule has 7 nitrogen and oxygen atoms in total. The molecule has 1 fully saturated rings. The third kappa shape index (κ3) is 5.37. The summed E-state index contributed by atoms with van der Waals surface area (Å²) in [6.45, 7) is 3.27. The molecular weight excluding hydrogens is 366 g/mol. The molecule has 2 N–H and O–H groups in total. The molecule has 0 bridgehead atoms. The lowest BCUT2D eigenvalue weighted by molar-refractivity contribution is 0.0893. The molecule has 1 saturated carbocycles. The van der Waals surface area contributed by atoms with Crippen LogP contribution in [-0.2, 0) is 6.54 Å². The molecule has 1 aromatic heterocycles. The molecule has 1 aliphatic rings. The zero-order valence-electron chi connectivity index (χ0n) is 17.5. The van der Waals surface area contributed by atoms with Crippen LogP contribution in [0.25, 0.3) is 0 Å². The molecule has 2 unspecified atom stereocenters. The smallest absolute Gasteiger partial charge is 0.269 e. The molecule has 2 atom stereocenters. The van der Waals surface area contributed by atoms with Crippen molar-refractivity contribution in [2.75, 3.05) is 25.5 Å². The Kier molecular flexibility index (Phi) is 6.90. The third-order valence-corrected chi connectivity index (χ3v) is 5.54. The number of amides is 2. The van der Waals surface area contributed by atoms with Crippen molar-refractivity contribution in [1.29, 1.82) is 0 Å². The van der Waals surface area contributed by atoms with Gasteiger partial charge in [0.1, 0.15) is 5.69 Å². The first-order chi connectivity index (χ1) is 14.0. The van der Waals surface area contributed by atoms with Crippen LogP contribution in [-0.4, -0.2) is 48.3 Å². The van der Waals surface area contributed by atoms with Crippen LogP contribution in [0.5, 0.6) is 0 Å². The molecule has 2 amide bonds. The largest absolute Gasteiger partial charge is 0.378 e. The predicted octanol–water partition coefficient (Wildman–Crippen LogP) is 2.69. The number of rotatable bonds is 7. The van der Waals surface area contributed by atoms with E-state index in [1.54, 1.807) is 16.9 Å². The Morgan fingerprint density at radius 1 is 1.21 bits per heavy atom. The van der Waals surface area contributed by atoms with Crippen LogP contribution < -0.4 is 15.5 Å². The maximum atomic E-state index is 12.6. The molecule has 0 saturated heterocycles. The van der Waals surface area contributed by atoms with E-state index in [2.05, 4.69) is 15.7 Å². The summed E-state index contributed by atoms with van der Waals surface area (Å²) in [6.07, 6.45) is 5.63. The molecule has 0 aliphatic heterocycles. The summed E-state index contributed by atoms with van der Waals surface area (Å²) in [6, 6.07) is 9.50. The Morgan fingerprint density at radius 2 is 2.03 bits per heavy atom. The second-order valence-corrected chi connectivity index (χ2v) is 7.89. The fourth-order valence-electron chi connectivity index (χ4n) is 3.91. The summed E-state index contributed by atoms with van der Waals surface area (Å²) in [5, 5.41) is 10.4. The molecule has 1 aromatic carbocycles. The van der Waals surface area contributed by atoms with E-state index in [0.29, 0.717) is 30.3 Å². The molecule has 1 heterocycles. The molecule has 7 heteroatoms. The number of anilines is 1. The van der Waals surface area contributed by atoms with Crippen molar-refractivity contribution >= 4 is 17.5 Å². The normalized spacial score (nSPS) is 18.9. The summed E-state index contributed by atoms with van der Waals surface area (Å²) < 4.78 is 1.71. The summed E-state index contributed by atoms with van der Waals surface area (Å²) in [4.78, 5) is 27.1. The summed E-state index contributed by atoms with van der Waals surface area (Å²) in [5.41, 5.74) is 2.28. The van der Waals surface area contributed by atoms with Crippen LogP contribution in [0, 0.1) is 5.92 Å². The lowest BCUT2D eigenvalue weighted by Gasteiger charge is -2.30. The zero-order chi connectivity index (χ0) is 20.8. The highest BCUT2D eigenvalue weighted by atomic mass is 16.2. The van der Waals surface area contributed by atoms with Crippen molar-refractivity contribution in [2.24, 2.45) is 5.92 Å². The first kappa shape index (κ1) is 20.9. The highest BCUT2D eigenvalue weighted by molar-refractivity contribution is 5.95. The van der Waals surface area contributed by atoms with Gasteiger partial charge in [-0.05, 0) is 56.4 Å². The minimum Gasteiger partial charge on any atom is -0.378 e. The van der Waals surface area contributed by atoms with Crippen LogP contribution in [0.1, 0.15) is 53.5 Å². The number of hydrogen-bond acceptors (Lipinski definition) is 4. The van der Waals surface area contributed by atoms with Crippen LogP contribution in [0.2, 0.25) is 0 Å². The topological polar surface area (TPSA) is 79.3 Å². The van der Waals surface area contributed by atoms with Crippen molar-refractivity contribution < 1.29 is 9.59 Å². The minimum absolute atomic E-state index is 0.0493. The predicted molar refractivity (Wildman–Crippen MR) is 114 cm³/mol. The van der Waals surface area contributed by atoms with Gasteiger partial charge in [-0.1, -0.05) is 12.5 Å². The molecule has 2 aromatic rings. The molecule has 29 heavy (non-hydrogen) atoms. The lowest BCUT2D eigenvalue weighted by atomic mass is 9.85. The van der Waals surface area contributed by atoms with Gasteiger partial charge in [0, 0.05) is 50.7 Å². The van der Waals surface area contributed by atoms with E-state index in [1.165, 1.54) is 0 Å². The van der Waals surface area contributed by atoms with Gasteiger partial charge in [0.15, 0.2) is 0 Å². The van der Waals surface area contributed by atoms with E-state index in [1.807, 2.05) is 50.2 Å². The van der Waals surface area contributed by atoms with Crippen LogP contribution in [0.4, 0.5) is 5.69 Å². The Morgan fingerprint density at radius 3 is 2.79 bits per heavy atom. The highest BCUT2D eigenvalue weighted by Crippen LogP contribution is 2.24. The van der Waals surface area contributed by atoms with Crippen LogP contribution in [0.15, 0.2) is 36.5 Å². The number of carbonyl (C=O) groups excluding carboxylic acids is 2. The molecule has 3 rings (SSSR count). The minimum atomic E-state index is -0.0699. The highest BCUT2D eigenvalue weighted by Gasteiger charge is 2.25. The maximum Gasteiger partial charge on any atom is 0.269 e. The fraction of sp³-hybridized carbons (Fsp3) is 0.500. The molecule has 0 spiro atoms. The van der Waals surface area contributed by atoms with Gasteiger partial charge in [-0.25, -0.2) is 0 Å². The van der Waals surface area contributed by atoms with Crippen molar-refractivity contribution in [1.82, 2.24) is 20.4 Å². The van der Waals surface area contributed by atoms with Crippen LogP contribution >= 0.6 is 0 Å². The SMILES string of the molecule is CCn1nccc1C(=O)NC1CCCC(CNC(=O)c2cccc(N(C)C)c2)C1. The summed E-state index contributed by atoms with van der Waals surface area (Å²) in [5.74, 6) is 0.248. The van der Waals surface area contributed by atoms with E-state index < -0.39 is 0 Å². The van der Waals surface area contributed by atoms with Crippen molar-refractivity contribution in [2.45, 2.75) is 45.2 Å². The second kappa shape index (κ2) is 9.58. The number of aryl methyl sites for hydroxylation is 1. The van der Waals surface area contributed by atoms with E-state index in [-0.39, 0.29) is 17.9 Å². The summed E-state index contributed by atoms with van der Waals surface area (Å²) in [7, 11) is 3.92. The number of nitrogens with zero attached hydrogens (tertiary/aromatic N) is 3. The van der Waals surface area contributed by atoms with Gasteiger partial charge in [0.25, 0.3) is 11.8 Å². The average Bonchev–Trinajstić information content (AvgIpc) is 3.21. The van der Waals surface area contributed by atoms with Gasteiger partial charge in [-0.15, -0.1) is 0 Å². The van der Waals surface area contributed by atoms with Gasteiger partial charge in [0.2, 0.25) is 0 Å². The van der Waals surface area contributed by atoms with E-state index >= 15 is 0 Å². The van der Waals surface area contributed by atoms with E-state index in [9.17, 15) is 9.59 Å². The summed E-state index contributed by atoms with van der Waals surface area (Å²) >= 11 is 0. The van der Waals surface area contributed by atoms with E-state index in [0.717, 1.165) is 31.4 Å². The molecule has 1 aliphatic carbocycles. The number of hydrogen-bond donors (Lipinski definition) is 2. The lowest BCUT2D eigenvalue weighted by Crippen LogP contribution is -2.41. The third-order valence-electron chi connectivity index (χ3n) is 5.54. The van der Waals surface area contributed by atoms with Crippen molar-refractivity contribution in [3.8, 4) is 0 Å². The standard InChI is InChI=1S/C22H31N5O2/c1-4-27-20(11-12-24-27)22(29)25-18-9-5-7-16(13-18)15-23-21(28)17-8-6-10-19(14-17)26(2)3/h6,8,10-12,14,16,18H,4-5,7,9,13,15H2,1-3H3,(H,23,28)(H,25,29). The first-order valence-electron chi connectivity index (χ1n) is 10.4. The number of carbonyl (C=O) groups is 2. The van der Waals surface area contributed by atoms with Gasteiger partial charge < -0.3 is 15.5 Å². The van der Waals surface area contributed by atoms with Crippen LogP contribution in [0.3, 0.4) is 0 Å². The quantitative estimate of drug-likeness (QED) is 0.753. The fourth-order valence-corrected chi connectivity index (χ4v) is 3.91. The zero-order valence-corrected chi connectivity index (χ0v) is 17.5. The van der Waals surface area contributed by atoms with Gasteiger partial charge in [-0.3, -0.25) is 14.3 Å². The molecule has 156 valence electrons. The van der Waals surface area contributed by atoms with Crippen molar-refractivity contribution in [3.63, 3.8) is 0 Å². The number of benzene rings is 1.